The maximum atomic E-state index is 5.67. The number of nitrogen functional groups attached to an aromatic ring is 1. The summed E-state index contributed by atoms with van der Waals surface area (Å²) < 4.78 is 5.52. The minimum absolute atomic E-state index is 0.418. The van der Waals surface area contributed by atoms with Crippen molar-refractivity contribution in [3.05, 3.63) is 48.0 Å². The number of nitrogens with two attached hydrogens (primary N) is 1. The van der Waals surface area contributed by atoms with Crippen LogP contribution in [0.2, 0.25) is 0 Å². The maximum absolute atomic E-state index is 5.67. The van der Waals surface area contributed by atoms with Crippen LogP contribution < -0.4 is 10.5 Å². The molecule has 1 aromatic heterocycles. The lowest BCUT2D eigenvalue weighted by atomic mass is 10.2. The molecule has 98 valence electrons. The van der Waals surface area contributed by atoms with E-state index in [1.807, 2.05) is 48.7 Å². The quantitative estimate of drug-likeness (QED) is 0.670. The normalized spacial score (nSPS) is 10.8. The van der Waals surface area contributed by atoms with Gasteiger partial charge in [-0.1, -0.05) is 48.2 Å². The molecule has 0 aliphatic carbocycles. The molecule has 5 heteroatoms. The predicted molar refractivity (Wildman–Crippen MR) is 79.2 cm³/mol. The third-order valence-corrected chi connectivity index (χ3v) is 2.87. The smallest absolute Gasteiger partial charge is 0.219 e. The molecule has 2 rings (SSSR count). The molecule has 0 amide bonds. The summed E-state index contributed by atoms with van der Waals surface area (Å²) in [6, 6.07) is 11.7. The Morgan fingerprint density at radius 1 is 1.26 bits per heavy atom. The maximum Gasteiger partial charge on any atom is 0.219 e. The second-order valence-corrected chi connectivity index (χ2v) is 4.52. The minimum Gasteiger partial charge on any atom is -0.473 e. The number of benzene rings is 1. The van der Waals surface area contributed by atoms with Crippen LogP contribution in [0.25, 0.3) is 6.08 Å². The van der Waals surface area contributed by atoms with Crippen LogP contribution in [0.5, 0.6) is 5.88 Å². The zero-order valence-electron chi connectivity index (χ0n) is 10.6. The largest absolute Gasteiger partial charge is 0.473 e. The van der Waals surface area contributed by atoms with Gasteiger partial charge in [-0.3, -0.25) is 0 Å². The molecule has 0 aliphatic rings. The van der Waals surface area contributed by atoms with Gasteiger partial charge in [-0.25, -0.2) is 4.98 Å². The van der Waals surface area contributed by atoms with Crippen LogP contribution in [-0.2, 0) is 0 Å². The molecule has 19 heavy (non-hydrogen) atoms. The zero-order chi connectivity index (χ0) is 13.5. The van der Waals surface area contributed by atoms with E-state index in [-0.39, 0.29) is 0 Å². The Balaban J connectivity index is 1.92. The van der Waals surface area contributed by atoms with E-state index in [0.29, 0.717) is 23.5 Å². The van der Waals surface area contributed by atoms with Crippen LogP contribution in [0.3, 0.4) is 0 Å². The van der Waals surface area contributed by atoms with E-state index in [0.717, 1.165) is 5.56 Å². The molecule has 0 fully saturated rings. The molecule has 1 heterocycles. The van der Waals surface area contributed by atoms with Gasteiger partial charge < -0.3 is 10.5 Å². The van der Waals surface area contributed by atoms with Gasteiger partial charge in [0.15, 0.2) is 5.16 Å². The van der Waals surface area contributed by atoms with Crippen LogP contribution in [0.15, 0.2) is 47.6 Å². The number of nitrogens with zero attached hydrogens (tertiary/aromatic N) is 2. The molecule has 2 N–H and O–H groups in total. The number of anilines is 1. The summed E-state index contributed by atoms with van der Waals surface area (Å²) in [5.74, 6) is 0.913. The average Bonchev–Trinajstić information content (AvgIpc) is 2.44. The highest BCUT2D eigenvalue weighted by atomic mass is 32.2. The van der Waals surface area contributed by atoms with Crippen molar-refractivity contribution in [1.82, 2.24) is 9.97 Å². The molecule has 0 saturated carbocycles. The number of aromatic nitrogens is 2. The predicted octanol–water partition coefficient (Wildman–Crippen LogP) is 2.87. The van der Waals surface area contributed by atoms with Gasteiger partial charge in [0, 0.05) is 6.07 Å². The van der Waals surface area contributed by atoms with E-state index in [2.05, 4.69) is 9.97 Å². The van der Waals surface area contributed by atoms with Crippen LogP contribution in [0.1, 0.15) is 5.56 Å². The van der Waals surface area contributed by atoms with Crippen molar-refractivity contribution in [3.63, 3.8) is 0 Å². The molecule has 1 aromatic carbocycles. The topological polar surface area (TPSA) is 61.0 Å². The standard InChI is InChI=1S/C14H15N3OS/c1-19-14-16-12(15)10-13(17-14)18-9-5-8-11-6-3-2-4-7-11/h2-8,10H,9H2,1H3,(H2,15,16,17)/b8-5+. The van der Waals surface area contributed by atoms with Crippen molar-refractivity contribution in [1.29, 1.82) is 0 Å². The van der Waals surface area contributed by atoms with Crippen molar-refractivity contribution in [2.24, 2.45) is 0 Å². The molecule has 0 radical (unpaired) electrons. The Hall–Kier alpha value is -2.01. The van der Waals surface area contributed by atoms with Crippen molar-refractivity contribution < 1.29 is 4.74 Å². The molecule has 4 nitrogen and oxygen atoms in total. The molecule has 0 bridgehead atoms. The fourth-order valence-electron chi connectivity index (χ4n) is 1.47. The highest BCUT2D eigenvalue weighted by molar-refractivity contribution is 7.98. The number of rotatable bonds is 5. The van der Waals surface area contributed by atoms with Gasteiger partial charge >= 0.3 is 0 Å². The van der Waals surface area contributed by atoms with Crippen LogP contribution in [0.4, 0.5) is 5.82 Å². The Morgan fingerprint density at radius 3 is 2.79 bits per heavy atom. The van der Waals surface area contributed by atoms with Crippen molar-refractivity contribution in [2.75, 3.05) is 18.6 Å². The molecule has 0 spiro atoms. The third kappa shape index (κ3) is 4.30. The second-order valence-electron chi connectivity index (χ2n) is 3.74. The molecule has 0 aliphatic heterocycles. The zero-order valence-corrected chi connectivity index (χ0v) is 11.4. The lowest BCUT2D eigenvalue weighted by molar-refractivity contribution is 0.345. The van der Waals surface area contributed by atoms with Crippen molar-refractivity contribution in [3.8, 4) is 5.88 Å². The van der Waals surface area contributed by atoms with Crippen molar-refractivity contribution >= 4 is 23.7 Å². The first-order valence-electron chi connectivity index (χ1n) is 5.81. The number of ether oxygens (including phenoxy) is 1. The van der Waals surface area contributed by atoms with E-state index in [9.17, 15) is 0 Å². The van der Waals surface area contributed by atoms with E-state index >= 15 is 0 Å². The van der Waals surface area contributed by atoms with Gasteiger partial charge in [-0.2, -0.15) is 4.98 Å². The Bertz CT molecular complexity index is 558. The molecule has 2 aromatic rings. The molecular formula is C14H15N3OS. The van der Waals surface area contributed by atoms with Gasteiger partial charge in [-0.15, -0.1) is 0 Å². The lowest BCUT2D eigenvalue weighted by Gasteiger charge is -2.04. The number of hydrogen-bond acceptors (Lipinski definition) is 5. The highest BCUT2D eigenvalue weighted by Crippen LogP contribution is 2.16. The van der Waals surface area contributed by atoms with E-state index in [1.54, 1.807) is 6.07 Å². The van der Waals surface area contributed by atoms with Gasteiger partial charge in [0.2, 0.25) is 5.88 Å². The first-order valence-corrected chi connectivity index (χ1v) is 7.03. The average molecular weight is 273 g/mol. The summed E-state index contributed by atoms with van der Waals surface area (Å²) in [7, 11) is 0. The Morgan fingerprint density at radius 2 is 2.05 bits per heavy atom. The summed E-state index contributed by atoms with van der Waals surface area (Å²) in [5, 5.41) is 0.613. The summed E-state index contributed by atoms with van der Waals surface area (Å²) in [6.07, 6.45) is 5.83. The summed E-state index contributed by atoms with van der Waals surface area (Å²) >= 11 is 1.43. The van der Waals surface area contributed by atoms with Crippen molar-refractivity contribution in [2.45, 2.75) is 5.16 Å². The SMILES string of the molecule is CSc1nc(N)cc(OC/C=C/c2ccccc2)n1. The summed E-state index contributed by atoms with van der Waals surface area (Å²) in [6.45, 7) is 0.444. The van der Waals surface area contributed by atoms with Crippen LogP contribution in [0, 0.1) is 0 Å². The highest BCUT2D eigenvalue weighted by Gasteiger charge is 2.01. The van der Waals surface area contributed by atoms with E-state index in [4.69, 9.17) is 10.5 Å². The Labute approximate surface area is 116 Å². The molecule has 0 atom stereocenters. The minimum atomic E-state index is 0.418. The third-order valence-electron chi connectivity index (χ3n) is 2.32. The van der Waals surface area contributed by atoms with Gasteiger partial charge in [0.1, 0.15) is 12.4 Å². The molecular weight excluding hydrogens is 258 g/mol. The summed E-state index contributed by atoms with van der Waals surface area (Å²) in [4.78, 5) is 8.27. The van der Waals surface area contributed by atoms with Gasteiger partial charge in [-0.05, 0) is 17.9 Å². The number of hydrogen-bond donors (Lipinski definition) is 1. The van der Waals surface area contributed by atoms with Crippen LogP contribution in [-0.4, -0.2) is 22.8 Å². The first kappa shape index (κ1) is 13.4. The van der Waals surface area contributed by atoms with Gasteiger partial charge in [0.25, 0.3) is 0 Å². The molecule has 0 saturated heterocycles. The fourth-order valence-corrected chi connectivity index (χ4v) is 1.85. The first-order chi connectivity index (χ1) is 9.28. The molecule has 0 unspecified atom stereocenters. The second kappa shape index (κ2) is 6.80. The number of thioether (sulfide) groups is 1. The van der Waals surface area contributed by atoms with Gasteiger partial charge in [0.05, 0.1) is 0 Å². The van der Waals surface area contributed by atoms with E-state index in [1.165, 1.54) is 11.8 Å². The van der Waals surface area contributed by atoms with Crippen LogP contribution >= 0.6 is 11.8 Å². The van der Waals surface area contributed by atoms with E-state index < -0.39 is 0 Å². The fraction of sp³-hybridized carbons (Fsp3) is 0.143. The summed E-state index contributed by atoms with van der Waals surface area (Å²) in [5.41, 5.74) is 6.80. The monoisotopic (exact) mass is 273 g/mol. The Kier molecular flexibility index (Phi) is 4.80. The lowest BCUT2D eigenvalue weighted by Crippen LogP contribution is -2.00.